The molecule has 0 atom stereocenters. The SMILES string of the molecule is CCOc1cc(/C=N\n2c(C)n[nH]c2=S)ccc1OCc1ccc(Cl)c(Cl)c1. The number of nitrogens with zero attached hydrogens (tertiary/aromatic N) is 3. The smallest absolute Gasteiger partial charge is 0.216 e. The van der Waals surface area contributed by atoms with E-state index < -0.39 is 0 Å². The highest BCUT2D eigenvalue weighted by atomic mass is 35.5. The molecule has 9 heteroatoms. The van der Waals surface area contributed by atoms with Crippen molar-refractivity contribution in [3.05, 3.63) is 68.2 Å². The first-order valence-corrected chi connectivity index (χ1v) is 9.66. The fraction of sp³-hybridized carbons (Fsp3) is 0.211. The van der Waals surface area contributed by atoms with E-state index in [0.29, 0.717) is 45.4 Å². The molecule has 0 spiro atoms. The lowest BCUT2D eigenvalue weighted by Gasteiger charge is -2.13. The van der Waals surface area contributed by atoms with Crippen LogP contribution >= 0.6 is 35.4 Å². The van der Waals surface area contributed by atoms with Gasteiger partial charge in [-0.25, -0.2) is 0 Å². The van der Waals surface area contributed by atoms with Gasteiger partial charge in [0.15, 0.2) is 11.5 Å². The van der Waals surface area contributed by atoms with E-state index in [1.165, 1.54) is 0 Å². The van der Waals surface area contributed by atoms with E-state index in [1.54, 1.807) is 23.0 Å². The van der Waals surface area contributed by atoms with Crippen molar-refractivity contribution in [1.82, 2.24) is 14.9 Å². The van der Waals surface area contributed by atoms with E-state index in [9.17, 15) is 0 Å². The summed E-state index contributed by atoms with van der Waals surface area (Å²) in [7, 11) is 0. The molecule has 0 saturated carbocycles. The molecule has 0 unspecified atom stereocenters. The largest absolute Gasteiger partial charge is 0.490 e. The molecule has 1 aromatic heterocycles. The molecule has 0 amide bonds. The van der Waals surface area contributed by atoms with Crippen LogP contribution in [0.5, 0.6) is 11.5 Å². The van der Waals surface area contributed by atoms with E-state index in [-0.39, 0.29) is 0 Å². The van der Waals surface area contributed by atoms with Gasteiger partial charge in [0, 0.05) is 0 Å². The Morgan fingerprint density at radius 3 is 2.64 bits per heavy atom. The van der Waals surface area contributed by atoms with Crippen LogP contribution in [0.25, 0.3) is 0 Å². The molecule has 28 heavy (non-hydrogen) atoms. The number of halogens is 2. The molecule has 0 bridgehead atoms. The molecule has 0 aliphatic rings. The fourth-order valence-corrected chi connectivity index (χ4v) is 2.96. The van der Waals surface area contributed by atoms with Gasteiger partial charge in [0.1, 0.15) is 12.4 Å². The number of aromatic amines is 1. The molecule has 1 heterocycles. The molecule has 6 nitrogen and oxygen atoms in total. The number of benzene rings is 2. The number of aromatic nitrogens is 3. The third kappa shape index (κ3) is 4.92. The molecular weight excluding hydrogens is 419 g/mol. The van der Waals surface area contributed by atoms with Gasteiger partial charge in [-0.1, -0.05) is 29.3 Å². The van der Waals surface area contributed by atoms with Gasteiger partial charge in [0.05, 0.1) is 22.9 Å². The highest BCUT2D eigenvalue weighted by Crippen LogP contribution is 2.30. The highest BCUT2D eigenvalue weighted by molar-refractivity contribution is 7.71. The summed E-state index contributed by atoms with van der Waals surface area (Å²) in [5.74, 6) is 1.92. The van der Waals surface area contributed by atoms with Gasteiger partial charge in [-0.05, 0) is 67.5 Å². The van der Waals surface area contributed by atoms with Crippen molar-refractivity contribution in [2.24, 2.45) is 5.10 Å². The topological polar surface area (TPSA) is 64.4 Å². The van der Waals surface area contributed by atoms with Gasteiger partial charge in [-0.15, -0.1) is 0 Å². The van der Waals surface area contributed by atoms with Crippen molar-refractivity contribution in [2.75, 3.05) is 6.61 Å². The average Bonchev–Trinajstić information content (AvgIpc) is 3.00. The summed E-state index contributed by atoms with van der Waals surface area (Å²) in [6.07, 6.45) is 1.68. The van der Waals surface area contributed by atoms with Crippen molar-refractivity contribution < 1.29 is 9.47 Å². The predicted molar refractivity (Wildman–Crippen MR) is 114 cm³/mol. The van der Waals surface area contributed by atoms with Gasteiger partial charge in [-0.2, -0.15) is 14.9 Å². The summed E-state index contributed by atoms with van der Waals surface area (Å²) < 4.78 is 13.6. The number of nitrogens with one attached hydrogen (secondary N) is 1. The van der Waals surface area contributed by atoms with Gasteiger partial charge in [0.2, 0.25) is 4.77 Å². The maximum atomic E-state index is 6.05. The number of aryl methyl sites for hydroxylation is 1. The molecule has 3 aromatic rings. The van der Waals surface area contributed by atoms with Crippen LogP contribution in [0.15, 0.2) is 41.5 Å². The maximum absolute atomic E-state index is 6.05. The molecule has 0 radical (unpaired) electrons. The lowest BCUT2D eigenvalue weighted by atomic mass is 10.2. The standard InChI is InChI=1S/C19H18Cl2N4O2S/c1-3-26-18-9-13(10-22-25-12(2)23-24-19(25)28)5-7-17(18)27-11-14-4-6-15(20)16(21)8-14/h4-10H,3,11H2,1-2H3,(H,24,28)/b22-10-. The van der Waals surface area contributed by atoms with E-state index in [4.69, 9.17) is 44.9 Å². The van der Waals surface area contributed by atoms with Crippen molar-refractivity contribution in [1.29, 1.82) is 0 Å². The Bertz CT molecular complexity index is 1060. The lowest BCUT2D eigenvalue weighted by molar-refractivity contribution is 0.269. The zero-order chi connectivity index (χ0) is 20.1. The van der Waals surface area contributed by atoms with Crippen molar-refractivity contribution in [2.45, 2.75) is 20.5 Å². The first-order valence-electron chi connectivity index (χ1n) is 8.50. The Kier molecular flexibility index (Phi) is 6.72. The predicted octanol–water partition coefficient (Wildman–Crippen LogP) is 5.42. The van der Waals surface area contributed by atoms with Crippen LogP contribution in [-0.2, 0) is 6.61 Å². The minimum Gasteiger partial charge on any atom is -0.490 e. The van der Waals surface area contributed by atoms with Crippen LogP contribution in [0.2, 0.25) is 10.0 Å². The summed E-state index contributed by atoms with van der Waals surface area (Å²) in [6, 6.07) is 11.0. The number of rotatable bonds is 7. The first-order chi connectivity index (χ1) is 13.5. The maximum Gasteiger partial charge on any atom is 0.216 e. The van der Waals surface area contributed by atoms with E-state index in [2.05, 4.69) is 15.3 Å². The Labute approximate surface area is 177 Å². The van der Waals surface area contributed by atoms with Crippen molar-refractivity contribution in [3.63, 3.8) is 0 Å². The normalized spacial score (nSPS) is 11.1. The highest BCUT2D eigenvalue weighted by Gasteiger charge is 2.08. The monoisotopic (exact) mass is 436 g/mol. The second kappa shape index (κ2) is 9.23. The first kappa shape index (κ1) is 20.4. The van der Waals surface area contributed by atoms with Crippen LogP contribution < -0.4 is 9.47 Å². The number of H-pyrrole nitrogens is 1. The third-order valence-electron chi connectivity index (χ3n) is 3.78. The summed E-state index contributed by atoms with van der Waals surface area (Å²) in [5, 5.41) is 12.1. The summed E-state index contributed by atoms with van der Waals surface area (Å²) in [6.45, 7) is 4.58. The van der Waals surface area contributed by atoms with Crippen LogP contribution in [0.3, 0.4) is 0 Å². The van der Waals surface area contributed by atoms with Crippen LogP contribution in [0.4, 0.5) is 0 Å². The quantitative estimate of drug-likeness (QED) is 0.396. The number of hydrogen-bond acceptors (Lipinski definition) is 5. The molecule has 3 rings (SSSR count). The number of hydrogen-bond donors (Lipinski definition) is 1. The summed E-state index contributed by atoms with van der Waals surface area (Å²) in [5.41, 5.74) is 1.75. The van der Waals surface area contributed by atoms with E-state index in [0.717, 1.165) is 11.1 Å². The zero-order valence-electron chi connectivity index (χ0n) is 15.3. The molecule has 0 aliphatic heterocycles. The zero-order valence-corrected chi connectivity index (χ0v) is 17.6. The Balaban J connectivity index is 1.78. The van der Waals surface area contributed by atoms with Gasteiger partial charge in [-0.3, -0.25) is 5.10 Å². The second-order valence-electron chi connectivity index (χ2n) is 5.81. The molecule has 146 valence electrons. The van der Waals surface area contributed by atoms with Gasteiger partial charge in [0.25, 0.3) is 0 Å². The third-order valence-corrected chi connectivity index (χ3v) is 4.78. The minimum absolute atomic E-state index is 0.341. The summed E-state index contributed by atoms with van der Waals surface area (Å²) >= 11 is 17.1. The molecule has 0 aliphatic carbocycles. The lowest BCUT2D eigenvalue weighted by Crippen LogP contribution is -2.01. The molecule has 0 saturated heterocycles. The Morgan fingerprint density at radius 1 is 1.14 bits per heavy atom. The Morgan fingerprint density at radius 2 is 1.96 bits per heavy atom. The van der Waals surface area contributed by atoms with E-state index >= 15 is 0 Å². The van der Waals surface area contributed by atoms with Gasteiger partial charge >= 0.3 is 0 Å². The van der Waals surface area contributed by atoms with Crippen molar-refractivity contribution in [3.8, 4) is 11.5 Å². The fourth-order valence-electron chi connectivity index (χ4n) is 2.41. The second-order valence-corrected chi connectivity index (χ2v) is 7.01. The summed E-state index contributed by atoms with van der Waals surface area (Å²) in [4.78, 5) is 0. The molecular formula is C19H18Cl2N4O2S. The Hall–Kier alpha value is -2.35. The van der Waals surface area contributed by atoms with Crippen molar-refractivity contribution >= 4 is 41.6 Å². The van der Waals surface area contributed by atoms with Crippen LogP contribution in [-0.4, -0.2) is 27.7 Å². The van der Waals surface area contributed by atoms with E-state index in [1.807, 2.05) is 38.1 Å². The van der Waals surface area contributed by atoms with Crippen LogP contribution in [0.1, 0.15) is 23.9 Å². The minimum atomic E-state index is 0.341. The number of ether oxygens (including phenoxy) is 2. The molecule has 2 aromatic carbocycles. The van der Waals surface area contributed by atoms with Gasteiger partial charge < -0.3 is 9.47 Å². The average molecular weight is 437 g/mol. The molecule has 1 N–H and O–H groups in total. The van der Waals surface area contributed by atoms with Crippen LogP contribution in [0, 0.1) is 11.7 Å². The molecule has 0 fully saturated rings.